The third kappa shape index (κ3) is 3.55. The van der Waals surface area contributed by atoms with E-state index in [-0.39, 0.29) is 5.91 Å². The number of carbonyl (C=O) groups is 1. The molecule has 0 spiro atoms. The van der Waals surface area contributed by atoms with E-state index in [0.29, 0.717) is 10.8 Å². The molecular formula is C22H16ClNOS. The van der Waals surface area contributed by atoms with Gasteiger partial charge in [-0.15, -0.1) is 11.8 Å². The average Bonchev–Trinajstić information content (AvgIpc) is 2.66. The Hall–Kier alpha value is -2.49. The van der Waals surface area contributed by atoms with Crippen molar-refractivity contribution in [1.82, 2.24) is 0 Å². The van der Waals surface area contributed by atoms with Gasteiger partial charge in [-0.25, -0.2) is 0 Å². The van der Waals surface area contributed by atoms with Gasteiger partial charge in [0.1, 0.15) is 0 Å². The predicted octanol–water partition coefficient (Wildman–Crippen LogP) is 6.38. The number of benzene rings is 4. The molecule has 0 aliphatic rings. The molecular weight excluding hydrogens is 362 g/mol. The number of nitrogens with one attached hydrogen (secondary N) is 1. The molecule has 4 aromatic carbocycles. The highest BCUT2D eigenvalue weighted by Gasteiger charge is 2.09. The fraction of sp³-hybridized carbons (Fsp3) is 0.0455. The van der Waals surface area contributed by atoms with Crippen LogP contribution >= 0.6 is 23.4 Å². The van der Waals surface area contributed by atoms with Gasteiger partial charge < -0.3 is 5.32 Å². The fourth-order valence-electron chi connectivity index (χ4n) is 2.99. The number of amides is 1. The van der Waals surface area contributed by atoms with Crippen LogP contribution in [0.3, 0.4) is 0 Å². The zero-order chi connectivity index (χ0) is 17.9. The molecule has 0 heterocycles. The summed E-state index contributed by atoms with van der Waals surface area (Å²) in [5.41, 5.74) is 0.810. The molecule has 128 valence electrons. The Kier molecular flexibility index (Phi) is 4.83. The molecule has 4 heteroatoms. The molecule has 0 aromatic heterocycles. The molecule has 0 radical (unpaired) electrons. The van der Waals surface area contributed by atoms with E-state index in [2.05, 4.69) is 11.4 Å². The van der Waals surface area contributed by atoms with Crippen molar-refractivity contribution in [2.45, 2.75) is 4.90 Å². The summed E-state index contributed by atoms with van der Waals surface area (Å²) < 4.78 is 0. The van der Waals surface area contributed by atoms with E-state index in [4.69, 9.17) is 11.6 Å². The van der Waals surface area contributed by atoms with Crippen LogP contribution in [0.5, 0.6) is 0 Å². The van der Waals surface area contributed by atoms with Crippen LogP contribution in [0.25, 0.3) is 21.5 Å². The van der Waals surface area contributed by atoms with Crippen molar-refractivity contribution in [2.24, 2.45) is 0 Å². The Labute approximate surface area is 161 Å². The molecule has 4 rings (SSSR count). The first kappa shape index (κ1) is 17.0. The maximum atomic E-state index is 12.4. The topological polar surface area (TPSA) is 29.1 Å². The SMILES string of the molecule is O=C(CSc1cccc2cccc(Cl)c12)Nc1ccc2ccccc2c1. The maximum Gasteiger partial charge on any atom is 0.234 e. The molecule has 1 amide bonds. The number of rotatable bonds is 4. The smallest absolute Gasteiger partial charge is 0.234 e. The highest BCUT2D eigenvalue weighted by Crippen LogP contribution is 2.33. The number of carbonyl (C=O) groups excluding carboxylic acids is 1. The Morgan fingerprint density at radius 3 is 2.42 bits per heavy atom. The molecule has 0 atom stereocenters. The summed E-state index contributed by atoms with van der Waals surface area (Å²) in [6, 6.07) is 25.9. The number of halogens is 1. The van der Waals surface area contributed by atoms with Crippen molar-refractivity contribution in [1.29, 1.82) is 0 Å². The quantitative estimate of drug-likeness (QED) is 0.418. The van der Waals surface area contributed by atoms with Crippen molar-refractivity contribution in [3.8, 4) is 0 Å². The van der Waals surface area contributed by atoms with Crippen molar-refractivity contribution >= 4 is 56.5 Å². The minimum absolute atomic E-state index is 0.0330. The van der Waals surface area contributed by atoms with Crippen LogP contribution in [0.4, 0.5) is 5.69 Å². The number of fused-ring (bicyclic) bond motifs is 2. The van der Waals surface area contributed by atoms with Gasteiger partial charge in [0, 0.05) is 21.0 Å². The van der Waals surface area contributed by atoms with E-state index < -0.39 is 0 Å². The molecule has 0 aliphatic heterocycles. The highest BCUT2D eigenvalue weighted by molar-refractivity contribution is 8.00. The molecule has 0 aliphatic carbocycles. The first-order valence-corrected chi connectivity index (χ1v) is 9.66. The summed E-state index contributed by atoms with van der Waals surface area (Å²) in [6.07, 6.45) is 0. The lowest BCUT2D eigenvalue weighted by molar-refractivity contribution is -0.113. The van der Waals surface area contributed by atoms with Crippen LogP contribution in [0, 0.1) is 0 Å². The molecule has 1 N–H and O–H groups in total. The van der Waals surface area contributed by atoms with E-state index in [1.54, 1.807) is 0 Å². The van der Waals surface area contributed by atoms with Crippen molar-refractivity contribution in [3.05, 3.63) is 83.9 Å². The second kappa shape index (κ2) is 7.40. The van der Waals surface area contributed by atoms with E-state index in [1.807, 2.05) is 72.8 Å². The lowest BCUT2D eigenvalue weighted by Crippen LogP contribution is -2.13. The van der Waals surface area contributed by atoms with Gasteiger partial charge in [-0.05, 0) is 40.4 Å². The van der Waals surface area contributed by atoms with E-state index in [1.165, 1.54) is 11.8 Å². The van der Waals surface area contributed by atoms with Gasteiger partial charge in [0.15, 0.2) is 0 Å². The van der Waals surface area contributed by atoms with Gasteiger partial charge in [0.25, 0.3) is 0 Å². The molecule has 0 unspecified atom stereocenters. The number of thioether (sulfide) groups is 1. The number of hydrogen-bond donors (Lipinski definition) is 1. The third-order valence-electron chi connectivity index (χ3n) is 4.21. The molecule has 0 bridgehead atoms. The van der Waals surface area contributed by atoms with Crippen LogP contribution in [-0.2, 0) is 4.79 Å². The van der Waals surface area contributed by atoms with Crippen LogP contribution in [0.15, 0.2) is 83.8 Å². The second-order valence-electron chi connectivity index (χ2n) is 5.99. The highest BCUT2D eigenvalue weighted by atomic mass is 35.5. The minimum Gasteiger partial charge on any atom is -0.325 e. The van der Waals surface area contributed by atoms with Crippen molar-refractivity contribution in [2.75, 3.05) is 11.1 Å². The second-order valence-corrected chi connectivity index (χ2v) is 7.42. The first-order valence-electron chi connectivity index (χ1n) is 8.29. The van der Waals surface area contributed by atoms with Gasteiger partial charge in [-0.3, -0.25) is 4.79 Å². The third-order valence-corrected chi connectivity index (χ3v) is 5.58. The van der Waals surface area contributed by atoms with Crippen LogP contribution in [-0.4, -0.2) is 11.7 Å². The Morgan fingerprint density at radius 2 is 1.58 bits per heavy atom. The summed E-state index contributed by atoms with van der Waals surface area (Å²) in [6.45, 7) is 0. The normalized spacial score (nSPS) is 11.0. The Balaban J connectivity index is 1.49. The van der Waals surface area contributed by atoms with Crippen molar-refractivity contribution in [3.63, 3.8) is 0 Å². The summed E-state index contributed by atoms with van der Waals surface area (Å²) in [4.78, 5) is 13.4. The van der Waals surface area contributed by atoms with Gasteiger partial charge in [-0.1, -0.05) is 66.2 Å². The van der Waals surface area contributed by atoms with Crippen LogP contribution in [0.1, 0.15) is 0 Å². The lowest BCUT2D eigenvalue weighted by Gasteiger charge is -2.09. The lowest BCUT2D eigenvalue weighted by atomic mass is 10.1. The molecule has 2 nitrogen and oxygen atoms in total. The van der Waals surface area contributed by atoms with Crippen LogP contribution < -0.4 is 5.32 Å². The molecule has 0 saturated carbocycles. The summed E-state index contributed by atoms with van der Waals surface area (Å²) in [5.74, 6) is 0.297. The zero-order valence-electron chi connectivity index (χ0n) is 13.9. The van der Waals surface area contributed by atoms with Gasteiger partial charge in [0.2, 0.25) is 5.91 Å². The fourth-order valence-corrected chi connectivity index (χ4v) is 4.24. The monoisotopic (exact) mass is 377 g/mol. The van der Waals surface area contributed by atoms with Crippen LogP contribution in [0.2, 0.25) is 5.02 Å². The molecule has 0 fully saturated rings. The van der Waals surface area contributed by atoms with E-state index in [9.17, 15) is 4.79 Å². The van der Waals surface area contributed by atoms with Crippen molar-refractivity contribution < 1.29 is 4.79 Å². The number of anilines is 1. The first-order chi connectivity index (χ1) is 12.7. The van der Waals surface area contributed by atoms with Gasteiger partial charge in [0.05, 0.1) is 5.75 Å². The van der Waals surface area contributed by atoms with E-state index >= 15 is 0 Å². The molecule has 26 heavy (non-hydrogen) atoms. The summed E-state index contributed by atoms with van der Waals surface area (Å²) >= 11 is 7.85. The zero-order valence-corrected chi connectivity index (χ0v) is 15.5. The standard InChI is InChI=1S/C22H16ClNOS/c23-19-9-3-7-16-8-4-10-20(22(16)19)26-14-21(25)24-18-12-11-15-5-1-2-6-17(15)13-18/h1-13H,14H2,(H,24,25). The summed E-state index contributed by atoms with van der Waals surface area (Å²) in [7, 11) is 0. The largest absolute Gasteiger partial charge is 0.325 e. The molecule has 0 saturated heterocycles. The minimum atomic E-state index is -0.0330. The van der Waals surface area contributed by atoms with Gasteiger partial charge in [-0.2, -0.15) is 0 Å². The average molecular weight is 378 g/mol. The number of hydrogen-bond acceptors (Lipinski definition) is 2. The van der Waals surface area contributed by atoms with Gasteiger partial charge >= 0.3 is 0 Å². The summed E-state index contributed by atoms with van der Waals surface area (Å²) in [5, 5.41) is 8.03. The van der Waals surface area contributed by atoms with E-state index in [0.717, 1.165) is 32.1 Å². The predicted molar refractivity (Wildman–Crippen MR) is 112 cm³/mol. The molecule has 4 aromatic rings. The Bertz CT molecular complexity index is 1100. The maximum absolute atomic E-state index is 12.4. The Morgan fingerprint density at radius 1 is 0.846 bits per heavy atom.